The fourth-order valence-electron chi connectivity index (χ4n) is 2.01. The second kappa shape index (κ2) is 3.13. The van der Waals surface area contributed by atoms with Crippen LogP contribution in [-0.2, 0) is 13.0 Å². The molecule has 0 aromatic carbocycles. The molecule has 5 nitrogen and oxygen atoms in total. The van der Waals surface area contributed by atoms with Crippen molar-refractivity contribution in [3.05, 3.63) is 34.0 Å². The van der Waals surface area contributed by atoms with Crippen LogP contribution in [0.4, 0.5) is 0 Å². The molecule has 0 saturated heterocycles. The fourth-order valence-corrected chi connectivity index (χ4v) is 2.01. The van der Waals surface area contributed by atoms with Crippen molar-refractivity contribution in [1.82, 2.24) is 20.3 Å². The molecule has 2 aromatic rings. The number of aromatic amines is 1. The summed E-state index contributed by atoms with van der Waals surface area (Å²) < 4.78 is 0. The smallest absolute Gasteiger partial charge is 0.260 e. The van der Waals surface area contributed by atoms with Crippen LogP contribution in [-0.4, -0.2) is 21.5 Å². The van der Waals surface area contributed by atoms with Gasteiger partial charge in [0.25, 0.3) is 5.56 Å². The first kappa shape index (κ1) is 8.55. The summed E-state index contributed by atoms with van der Waals surface area (Å²) in [4.78, 5) is 22.5. The molecule has 0 saturated carbocycles. The summed E-state index contributed by atoms with van der Waals surface area (Å²) in [6.45, 7) is 1.69. The maximum absolute atomic E-state index is 11.7. The van der Waals surface area contributed by atoms with Gasteiger partial charge in [0.15, 0.2) is 5.65 Å². The van der Waals surface area contributed by atoms with E-state index >= 15 is 0 Å². The van der Waals surface area contributed by atoms with E-state index in [1.165, 1.54) is 6.33 Å². The Balaban J connectivity index is 2.44. The van der Waals surface area contributed by atoms with Gasteiger partial charge < -0.3 is 10.3 Å². The minimum atomic E-state index is -0.0914. The van der Waals surface area contributed by atoms with Gasteiger partial charge in [0, 0.05) is 12.7 Å². The number of rotatable bonds is 0. The lowest BCUT2D eigenvalue weighted by Crippen LogP contribution is -2.25. The summed E-state index contributed by atoms with van der Waals surface area (Å²) in [5.41, 5.74) is 2.64. The lowest BCUT2D eigenvalue weighted by molar-refractivity contribution is 0.644. The van der Waals surface area contributed by atoms with Gasteiger partial charge in [-0.1, -0.05) is 0 Å². The Labute approximate surface area is 85.6 Å². The Morgan fingerprint density at radius 1 is 1.33 bits per heavy atom. The molecule has 15 heavy (non-hydrogen) atoms. The number of fused-ring (bicyclic) bond motifs is 3. The van der Waals surface area contributed by atoms with Crippen LogP contribution in [0.25, 0.3) is 11.0 Å². The van der Waals surface area contributed by atoms with E-state index in [0.29, 0.717) is 11.0 Å². The first-order chi connectivity index (χ1) is 7.36. The number of pyridine rings is 1. The molecular formula is C10H10N4O. The molecule has 0 radical (unpaired) electrons. The van der Waals surface area contributed by atoms with Crippen LogP contribution in [0.15, 0.2) is 17.3 Å². The molecule has 0 unspecified atom stereocenters. The Kier molecular flexibility index (Phi) is 1.78. The van der Waals surface area contributed by atoms with Crippen molar-refractivity contribution < 1.29 is 0 Å². The Morgan fingerprint density at radius 2 is 2.27 bits per heavy atom. The molecule has 0 bridgehead atoms. The summed E-state index contributed by atoms with van der Waals surface area (Å²) in [5.74, 6) is 0. The minimum Gasteiger partial charge on any atom is -0.312 e. The second-order valence-electron chi connectivity index (χ2n) is 3.62. The van der Waals surface area contributed by atoms with Gasteiger partial charge in [-0.25, -0.2) is 9.97 Å². The molecule has 2 N–H and O–H groups in total. The van der Waals surface area contributed by atoms with Gasteiger partial charge in [0.05, 0.1) is 11.7 Å². The fraction of sp³-hybridized carbons (Fsp3) is 0.300. The third-order valence-corrected chi connectivity index (χ3v) is 2.73. The highest BCUT2D eigenvalue weighted by atomic mass is 16.1. The van der Waals surface area contributed by atoms with E-state index in [1.54, 1.807) is 6.20 Å². The van der Waals surface area contributed by atoms with Crippen LogP contribution in [0.1, 0.15) is 11.1 Å². The van der Waals surface area contributed by atoms with E-state index in [1.807, 2.05) is 0 Å². The summed E-state index contributed by atoms with van der Waals surface area (Å²) in [6.07, 6.45) is 4.06. The third kappa shape index (κ3) is 1.24. The maximum Gasteiger partial charge on any atom is 0.260 e. The van der Waals surface area contributed by atoms with E-state index in [9.17, 15) is 4.79 Å². The quantitative estimate of drug-likeness (QED) is 0.629. The molecule has 76 valence electrons. The first-order valence-corrected chi connectivity index (χ1v) is 4.91. The molecule has 0 atom stereocenters. The number of nitrogens with one attached hydrogen (secondary N) is 2. The molecule has 3 rings (SSSR count). The molecule has 2 aromatic heterocycles. The lowest BCUT2D eigenvalue weighted by Gasteiger charge is -2.17. The maximum atomic E-state index is 11.7. The zero-order valence-electron chi connectivity index (χ0n) is 8.08. The van der Waals surface area contributed by atoms with Gasteiger partial charge in [-0.15, -0.1) is 0 Å². The van der Waals surface area contributed by atoms with Gasteiger partial charge in [0.2, 0.25) is 0 Å². The second-order valence-corrected chi connectivity index (χ2v) is 3.62. The zero-order chi connectivity index (χ0) is 10.3. The van der Waals surface area contributed by atoms with E-state index in [4.69, 9.17) is 0 Å². The molecule has 3 heterocycles. The highest BCUT2D eigenvalue weighted by Crippen LogP contribution is 2.18. The Morgan fingerprint density at radius 3 is 3.20 bits per heavy atom. The van der Waals surface area contributed by atoms with Gasteiger partial charge in [-0.2, -0.15) is 0 Å². The van der Waals surface area contributed by atoms with Crippen molar-refractivity contribution >= 4 is 11.0 Å². The lowest BCUT2D eigenvalue weighted by atomic mass is 10.0. The van der Waals surface area contributed by atoms with Crippen molar-refractivity contribution in [2.24, 2.45) is 0 Å². The van der Waals surface area contributed by atoms with E-state index in [0.717, 1.165) is 30.6 Å². The van der Waals surface area contributed by atoms with Crippen molar-refractivity contribution in [1.29, 1.82) is 0 Å². The van der Waals surface area contributed by atoms with Crippen LogP contribution in [0.3, 0.4) is 0 Å². The summed E-state index contributed by atoms with van der Waals surface area (Å²) >= 11 is 0. The van der Waals surface area contributed by atoms with Gasteiger partial charge in [0.1, 0.15) is 0 Å². The molecule has 0 spiro atoms. The van der Waals surface area contributed by atoms with Gasteiger partial charge >= 0.3 is 0 Å². The molecule has 0 aliphatic carbocycles. The van der Waals surface area contributed by atoms with Crippen LogP contribution < -0.4 is 10.9 Å². The number of H-pyrrole nitrogens is 1. The SMILES string of the molecule is O=c1[nH]cnc2ncc3c(c12)CCNC3. The minimum absolute atomic E-state index is 0.0914. The molecule has 0 amide bonds. The molecule has 0 fully saturated rings. The summed E-state index contributed by atoms with van der Waals surface area (Å²) in [5, 5.41) is 3.90. The summed E-state index contributed by atoms with van der Waals surface area (Å²) in [6, 6.07) is 0. The van der Waals surface area contributed by atoms with Crippen molar-refractivity contribution in [2.75, 3.05) is 6.54 Å². The van der Waals surface area contributed by atoms with Crippen LogP contribution in [0.2, 0.25) is 0 Å². The van der Waals surface area contributed by atoms with E-state index < -0.39 is 0 Å². The Hall–Kier alpha value is -1.75. The van der Waals surface area contributed by atoms with Crippen LogP contribution in [0.5, 0.6) is 0 Å². The predicted octanol–water partition coefficient (Wildman–Crippen LogP) is -0.0362. The van der Waals surface area contributed by atoms with E-state index in [-0.39, 0.29) is 5.56 Å². The molecule has 1 aliphatic rings. The molecule has 1 aliphatic heterocycles. The number of nitrogens with zero attached hydrogens (tertiary/aromatic N) is 2. The highest BCUT2D eigenvalue weighted by molar-refractivity contribution is 5.78. The van der Waals surface area contributed by atoms with Crippen molar-refractivity contribution in [2.45, 2.75) is 13.0 Å². The van der Waals surface area contributed by atoms with Crippen LogP contribution in [0, 0.1) is 0 Å². The normalized spacial score (nSPS) is 15.2. The topological polar surface area (TPSA) is 70.7 Å². The number of hydrogen-bond acceptors (Lipinski definition) is 4. The van der Waals surface area contributed by atoms with Gasteiger partial charge in [-0.3, -0.25) is 4.79 Å². The average molecular weight is 202 g/mol. The standard InChI is InChI=1S/C10H10N4O/c15-10-8-7-1-2-11-3-6(7)4-12-9(8)13-5-14-10/h4-5,11H,1-3H2,(H,12,13,14,15). The van der Waals surface area contributed by atoms with Crippen molar-refractivity contribution in [3.63, 3.8) is 0 Å². The predicted molar refractivity (Wildman–Crippen MR) is 55.6 cm³/mol. The van der Waals surface area contributed by atoms with Crippen molar-refractivity contribution in [3.8, 4) is 0 Å². The molecular weight excluding hydrogens is 192 g/mol. The Bertz CT molecular complexity index is 575. The van der Waals surface area contributed by atoms with Gasteiger partial charge in [-0.05, 0) is 24.1 Å². The average Bonchev–Trinajstić information content (AvgIpc) is 2.29. The van der Waals surface area contributed by atoms with Crippen LogP contribution >= 0.6 is 0 Å². The monoisotopic (exact) mass is 202 g/mol. The third-order valence-electron chi connectivity index (χ3n) is 2.73. The van der Waals surface area contributed by atoms with E-state index in [2.05, 4.69) is 20.3 Å². The summed E-state index contributed by atoms with van der Waals surface area (Å²) in [7, 11) is 0. The number of aromatic nitrogens is 3. The largest absolute Gasteiger partial charge is 0.312 e. The number of hydrogen-bond donors (Lipinski definition) is 2. The zero-order valence-corrected chi connectivity index (χ0v) is 8.08. The highest BCUT2D eigenvalue weighted by Gasteiger charge is 2.15. The first-order valence-electron chi connectivity index (χ1n) is 4.91. The molecule has 5 heteroatoms.